The summed E-state index contributed by atoms with van der Waals surface area (Å²) in [4.78, 5) is 46.0. The lowest BCUT2D eigenvalue weighted by Gasteiger charge is -2.07. The van der Waals surface area contributed by atoms with E-state index in [1.807, 2.05) is 0 Å². The number of imide groups is 2. The summed E-state index contributed by atoms with van der Waals surface area (Å²) in [6.45, 7) is 4.25. The fourth-order valence-corrected chi connectivity index (χ4v) is 7.53. The highest BCUT2D eigenvalue weighted by molar-refractivity contribution is 9.15. The van der Waals surface area contributed by atoms with Gasteiger partial charge in [0.25, 0.3) is 23.6 Å². The molecule has 0 radical (unpaired) electrons. The van der Waals surface area contributed by atoms with Crippen molar-refractivity contribution in [1.29, 1.82) is 0 Å². The Balaban J connectivity index is 0.000000209. The van der Waals surface area contributed by atoms with Gasteiger partial charge in [-0.25, -0.2) is 0 Å². The quantitative estimate of drug-likeness (QED) is 0.157. The number of nitrogens with one attached hydrogen (secondary N) is 2. The van der Waals surface area contributed by atoms with E-state index >= 15 is 0 Å². The molecule has 0 saturated heterocycles. The van der Waals surface area contributed by atoms with Crippen molar-refractivity contribution in [2.45, 2.75) is 20.3 Å². The number of hydrogen-bond acceptors (Lipinski definition) is 4. The number of halogens is 8. The van der Waals surface area contributed by atoms with Gasteiger partial charge in [-0.1, -0.05) is 20.3 Å². The molecule has 2 aliphatic rings. The first kappa shape index (κ1) is 29.8. The fourth-order valence-electron chi connectivity index (χ4n) is 2.57. The molecule has 2 aromatic rings. The normalized spacial score (nSPS) is 13.4. The van der Waals surface area contributed by atoms with E-state index in [9.17, 15) is 19.2 Å². The Hall–Kier alpha value is 0.560. The number of hydrogen-bond donors (Lipinski definition) is 2. The van der Waals surface area contributed by atoms with E-state index in [-0.39, 0.29) is 0 Å². The summed E-state index contributed by atoms with van der Waals surface area (Å²) in [5.74, 6) is -1.57. The Bertz CT molecular complexity index is 1050. The number of carbonyl (C=O) groups excluding carboxylic acids is 4. The molecule has 2 aliphatic heterocycles. The van der Waals surface area contributed by atoms with Crippen LogP contribution in [0.4, 0.5) is 0 Å². The molecule has 0 saturated carbocycles. The van der Waals surface area contributed by atoms with E-state index < -0.39 is 23.6 Å². The first-order chi connectivity index (χ1) is 15.3. The second-order valence-corrected chi connectivity index (χ2v) is 12.6. The smallest absolute Gasteiger partial charge is 0.260 e. The van der Waals surface area contributed by atoms with Gasteiger partial charge in [-0.3, -0.25) is 29.8 Å². The minimum atomic E-state index is -0.393. The Kier molecular flexibility index (Phi) is 11.0. The zero-order chi connectivity index (χ0) is 25.4. The molecule has 2 heterocycles. The molecule has 0 fully saturated rings. The molecule has 4 amide bonds. The minimum absolute atomic E-state index is 0.349. The molecule has 33 heavy (non-hydrogen) atoms. The Morgan fingerprint density at radius 2 is 0.576 bits per heavy atom. The summed E-state index contributed by atoms with van der Waals surface area (Å²) in [5, 5.41) is 4.48. The van der Waals surface area contributed by atoms with Gasteiger partial charge in [-0.2, -0.15) is 0 Å². The average molecular weight is 970 g/mol. The van der Waals surface area contributed by atoms with Gasteiger partial charge in [-0.15, -0.1) is 0 Å². The third-order valence-corrected chi connectivity index (χ3v) is 13.4. The van der Waals surface area contributed by atoms with Gasteiger partial charge >= 0.3 is 0 Å². The Morgan fingerprint density at radius 1 is 0.424 bits per heavy atom. The van der Waals surface area contributed by atoms with Crippen LogP contribution in [0.25, 0.3) is 0 Å². The molecule has 2 N–H and O–H groups in total. The highest BCUT2D eigenvalue weighted by Gasteiger charge is 2.35. The lowest BCUT2D eigenvalue weighted by molar-refractivity contribution is 0.0862. The molecule has 6 nitrogen and oxygen atoms in total. The SMILES string of the molecule is CCC.O=C1NC(=O)c2c(Br)c(Br)c(Br)c(Br)c21.O=C1NC(=O)c2c(Br)c(Br)c(Br)c(Br)c21. The first-order valence-electron chi connectivity index (χ1n) is 8.74. The highest BCUT2D eigenvalue weighted by atomic mass is 79.9. The van der Waals surface area contributed by atoms with E-state index in [1.165, 1.54) is 6.42 Å². The molecular formula is C19H10Br8N2O4. The van der Waals surface area contributed by atoms with Crippen molar-refractivity contribution in [3.05, 3.63) is 58.0 Å². The molecule has 0 bridgehead atoms. The molecular weight excluding hydrogens is 959 g/mol. The lowest BCUT2D eigenvalue weighted by Crippen LogP contribution is -2.20. The van der Waals surface area contributed by atoms with Crippen LogP contribution in [0.5, 0.6) is 0 Å². The molecule has 176 valence electrons. The topological polar surface area (TPSA) is 92.3 Å². The van der Waals surface area contributed by atoms with Crippen molar-refractivity contribution in [2.75, 3.05) is 0 Å². The van der Waals surface area contributed by atoms with Crippen LogP contribution in [-0.4, -0.2) is 23.6 Å². The summed E-state index contributed by atoms with van der Waals surface area (Å²) in [6, 6.07) is 0. The average Bonchev–Trinajstić information content (AvgIpc) is 3.22. The number of rotatable bonds is 0. The lowest BCUT2D eigenvalue weighted by atomic mass is 10.1. The molecule has 0 aliphatic carbocycles. The van der Waals surface area contributed by atoms with Gasteiger partial charge in [0.15, 0.2) is 0 Å². The number of benzene rings is 2. The van der Waals surface area contributed by atoms with Crippen LogP contribution in [0.3, 0.4) is 0 Å². The van der Waals surface area contributed by atoms with Gasteiger partial charge in [0, 0.05) is 35.8 Å². The summed E-state index contributed by atoms with van der Waals surface area (Å²) in [6.07, 6.45) is 1.25. The molecule has 4 rings (SSSR count). The largest absolute Gasteiger partial charge is 0.288 e. The zero-order valence-corrected chi connectivity index (χ0v) is 29.1. The van der Waals surface area contributed by atoms with E-state index in [0.29, 0.717) is 58.0 Å². The maximum absolute atomic E-state index is 11.5. The minimum Gasteiger partial charge on any atom is -0.288 e. The Morgan fingerprint density at radius 3 is 0.727 bits per heavy atom. The molecule has 0 unspecified atom stereocenters. The van der Waals surface area contributed by atoms with Crippen molar-refractivity contribution in [3.63, 3.8) is 0 Å². The van der Waals surface area contributed by atoms with E-state index in [0.717, 1.165) is 0 Å². The van der Waals surface area contributed by atoms with Gasteiger partial charge in [0.1, 0.15) is 0 Å². The van der Waals surface area contributed by atoms with Gasteiger partial charge in [-0.05, 0) is 127 Å². The number of amides is 4. The second-order valence-electron chi connectivity index (χ2n) is 6.29. The van der Waals surface area contributed by atoms with Gasteiger partial charge in [0.05, 0.1) is 22.3 Å². The maximum Gasteiger partial charge on any atom is 0.260 e. The van der Waals surface area contributed by atoms with Crippen molar-refractivity contribution < 1.29 is 19.2 Å². The predicted octanol–water partition coefficient (Wildman–Crippen LogP) is 8.66. The fraction of sp³-hybridized carbons (Fsp3) is 0.158. The zero-order valence-electron chi connectivity index (χ0n) is 16.4. The van der Waals surface area contributed by atoms with Gasteiger partial charge < -0.3 is 0 Å². The van der Waals surface area contributed by atoms with Crippen LogP contribution in [0.2, 0.25) is 0 Å². The highest BCUT2D eigenvalue weighted by Crippen LogP contribution is 2.44. The molecule has 0 spiro atoms. The van der Waals surface area contributed by atoms with Crippen LogP contribution < -0.4 is 10.6 Å². The summed E-state index contributed by atoms with van der Waals surface area (Å²) >= 11 is 26.4. The molecule has 0 aromatic heterocycles. The number of fused-ring (bicyclic) bond motifs is 2. The monoisotopic (exact) mass is 961 g/mol. The van der Waals surface area contributed by atoms with E-state index in [2.05, 4.69) is 152 Å². The molecule has 0 atom stereocenters. The van der Waals surface area contributed by atoms with Crippen LogP contribution >= 0.6 is 127 Å². The molecule has 14 heteroatoms. The summed E-state index contributed by atoms with van der Waals surface area (Å²) < 4.78 is 5.03. The van der Waals surface area contributed by atoms with Gasteiger partial charge in [0.2, 0.25) is 0 Å². The second kappa shape index (κ2) is 12.2. The summed E-state index contributed by atoms with van der Waals surface area (Å²) in [7, 11) is 0. The predicted molar refractivity (Wildman–Crippen MR) is 154 cm³/mol. The Labute approximate surface area is 256 Å². The van der Waals surface area contributed by atoms with Crippen molar-refractivity contribution >= 4 is 151 Å². The third-order valence-electron chi connectivity index (χ3n) is 3.90. The van der Waals surface area contributed by atoms with Crippen LogP contribution in [0.1, 0.15) is 61.7 Å². The first-order valence-corrected chi connectivity index (χ1v) is 15.1. The van der Waals surface area contributed by atoms with Crippen molar-refractivity contribution in [1.82, 2.24) is 10.6 Å². The van der Waals surface area contributed by atoms with E-state index in [4.69, 9.17) is 0 Å². The molecule has 2 aromatic carbocycles. The standard InChI is InChI=1S/2C8HBr4NO2.C3H8/c2*9-3-1-2(8(15)13-7(1)14)4(10)6(12)5(3)11;1-3-2/h2*(H,13,14,15);3H2,1-2H3. The maximum atomic E-state index is 11.5. The van der Waals surface area contributed by atoms with Crippen LogP contribution in [-0.2, 0) is 0 Å². The van der Waals surface area contributed by atoms with Crippen LogP contribution in [0.15, 0.2) is 35.8 Å². The summed E-state index contributed by atoms with van der Waals surface area (Å²) in [5.41, 5.74) is 1.40. The van der Waals surface area contributed by atoms with Crippen molar-refractivity contribution in [3.8, 4) is 0 Å². The third kappa shape index (κ3) is 5.78. The number of carbonyl (C=O) groups is 4. The van der Waals surface area contributed by atoms with E-state index in [1.54, 1.807) is 0 Å². The van der Waals surface area contributed by atoms with Crippen molar-refractivity contribution in [2.24, 2.45) is 0 Å². The van der Waals surface area contributed by atoms with Crippen LogP contribution in [0, 0.1) is 0 Å².